The van der Waals surface area contributed by atoms with Gasteiger partial charge in [0.2, 0.25) is 15.9 Å². The van der Waals surface area contributed by atoms with Gasteiger partial charge in [-0.2, -0.15) is 0 Å². The number of halogens is 1. The average molecular weight is 556 g/mol. The minimum Gasteiger partial charge on any atom is -0.507 e. The van der Waals surface area contributed by atoms with Gasteiger partial charge in [0.1, 0.15) is 10.1 Å². The Labute approximate surface area is 203 Å². The predicted molar refractivity (Wildman–Crippen MR) is 131 cm³/mol. The third kappa shape index (κ3) is 6.17. The monoisotopic (exact) mass is 555 g/mol. The van der Waals surface area contributed by atoms with Crippen LogP contribution in [-0.2, 0) is 19.6 Å². The Kier molecular flexibility index (Phi) is 7.72. The molecule has 2 aromatic rings. The molecular formula is C20H18BrN3O5S3. The Morgan fingerprint density at radius 3 is 2.59 bits per heavy atom. The minimum atomic E-state index is -3.80. The first-order valence-electron chi connectivity index (χ1n) is 9.21. The predicted octanol–water partition coefficient (Wildman–Crippen LogP) is 3.42. The summed E-state index contributed by atoms with van der Waals surface area (Å²) in [5.74, 6) is -0.515. The fourth-order valence-electron chi connectivity index (χ4n) is 2.82. The molecule has 12 heteroatoms. The number of carbonyl (C=O) groups excluding carboxylic acids is 2. The number of nitrogens with one attached hydrogen (secondary N) is 1. The maximum Gasteiger partial charge on any atom is 0.266 e. The summed E-state index contributed by atoms with van der Waals surface area (Å²) in [6.45, 7) is 0.268. The van der Waals surface area contributed by atoms with Crippen molar-refractivity contribution in [3.63, 3.8) is 0 Å². The number of sulfonamides is 1. The van der Waals surface area contributed by atoms with E-state index < -0.39 is 10.0 Å². The Morgan fingerprint density at radius 2 is 1.94 bits per heavy atom. The third-order valence-corrected chi connectivity index (χ3v) is 7.20. The van der Waals surface area contributed by atoms with E-state index in [2.05, 4.69) is 21.2 Å². The van der Waals surface area contributed by atoms with Crippen LogP contribution in [0.1, 0.15) is 18.4 Å². The number of primary sulfonamides is 1. The number of anilines is 1. The molecule has 1 heterocycles. The van der Waals surface area contributed by atoms with Crippen LogP contribution >= 0.6 is 39.9 Å². The maximum atomic E-state index is 12.7. The van der Waals surface area contributed by atoms with Crippen LogP contribution in [0.3, 0.4) is 0 Å². The lowest BCUT2D eigenvalue weighted by molar-refractivity contribution is -0.122. The first-order chi connectivity index (χ1) is 15.0. The molecule has 168 valence electrons. The van der Waals surface area contributed by atoms with Crippen LogP contribution in [0.25, 0.3) is 6.08 Å². The molecule has 0 saturated carbocycles. The first-order valence-corrected chi connectivity index (χ1v) is 12.8. The normalized spacial score (nSPS) is 15.4. The van der Waals surface area contributed by atoms with Gasteiger partial charge in [-0.25, -0.2) is 13.6 Å². The van der Waals surface area contributed by atoms with Crippen LogP contribution in [0.15, 0.2) is 56.7 Å². The van der Waals surface area contributed by atoms with Gasteiger partial charge in [0.15, 0.2) is 0 Å². The van der Waals surface area contributed by atoms with Crippen molar-refractivity contribution in [1.82, 2.24) is 4.90 Å². The SMILES string of the molecule is NS(=O)(=O)c1ccc(NC(=O)CCCN2C(=O)/C(=C/c3cc(Br)ccc3O)SC2=S)cc1. The van der Waals surface area contributed by atoms with Crippen molar-refractivity contribution in [2.24, 2.45) is 5.14 Å². The van der Waals surface area contributed by atoms with Gasteiger partial charge in [0.25, 0.3) is 5.91 Å². The first kappa shape index (κ1) is 24.4. The van der Waals surface area contributed by atoms with Gasteiger partial charge in [-0.05, 0) is 55.0 Å². The summed E-state index contributed by atoms with van der Waals surface area (Å²) >= 11 is 9.76. The highest BCUT2D eigenvalue weighted by atomic mass is 79.9. The molecule has 1 aliphatic rings. The van der Waals surface area contributed by atoms with E-state index in [0.717, 1.165) is 16.2 Å². The van der Waals surface area contributed by atoms with Crippen LogP contribution in [0, 0.1) is 0 Å². The molecule has 0 atom stereocenters. The summed E-state index contributed by atoms with van der Waals surface area (Å²) in [6.07, 6.45) is 2.10. The summed E-state index contributed by atoms with van der Waals surface area (Å²) in [7, 11) is -3.80. The van der Waals surface area contributed by atoms with Gasteiger partial charge in [0.05, 0.1) is 9.80 Å². The summed E-state index contributed by atoms with van der Waals surface area (Å²) < 4.78 is 23.7. The van der Waals surface area contributed by atoms with Crippen molar-refractivity contribution in [3.05, 3.63) is 57.4 Å². The van der Waals surface area contributed by atoms with Crippen molar-refractivity contribution in [1.29, 1.82) is 0 Å². The van der Waals surface area contributed by atoms with Crippen molar-refractivity contribution in [3.8, 4) is 5.75 Å². The molecule has 2 aromatic carbocycles. The number of nitrogens with two attached hydrogens (primary N) is 1. The number of benzene rings is 2. The number of hydrogen-bond acceptors (Lipinski definition) is 7. The van der Waals surface area contributed by atoms with E-state index in [1.807, 2.05) is 0 Å². The van der Waals surface area contributed by atoms with Crippen LogP contribution in [0.5, 0.6) is 5.75 Å². The molecule has 0 radical (unpaired) electrons. The highest BCUT2D eigenvalue weighted by molar-refractivity contribution is 9.10. The maximum absolute atomic E-state index is 12.7. The Bertz CT molecular complexity index is 1210. The van der Waals surface area contributed by atoms with E-state index in [0.29, 0.717) is 26.9 Å². The number of phenols is 1. The molecule has 0 aromatic heterocycles. The quantitative estimate of drug-likeness (QED) is 0.352. The lowest BCUT2D eigenvalue weighted by Crippen LogP contribution is -2.29. The molecule has 0 spiro atoms. The molecule has 8 nitrogen and oxygen atoms in total. The van der Waals surface area contributed by atoms with Gasteiger partial charge in [-0.3, -0.25) is 14.5 Å². The second-order valence-corrected chi connectivity index (χ2v) is 10.9. The van der Waals surface area contributed by atoms with Crippen molar-refractivity contribution < 1.29 is 23.1 Å². The zero-order chi connectivity index (χ0) is 23.5. The van der Waals surface area contributed by atoms with Gasteiger partial charge >= 0.3 is 0 Å². The second-order valence-electron chi connectivity index (χ2n) is 6.76. The highest BCUT2D eigenvalue weighted by Gasteiger charge is 2.31. The third-order valence-electron chi connectivity index (χ3n) is 4.40. The molecule has 0 unspecified atom stereocenters. The van der Waals surface area contributed by atoms with Crippen molar-refractivity contribution in [2.75, 3.05) is 11.9 Å². The van der Waals surface area contributed by atoms with Crippen molar-refractivity contribution >= 4 is 77.8 Å². The number of carbonyl (C=O) groups is 2. The van der Waals surface area contributed by atoms with Gasteiger partial charge in [0, 0.05) is 28.7 Å². The zero-order valence-electron chi connectivity index (χ0n) is 16.4. The number of phenolic OH excluding ortho intramolecular Hbond substituents is 1. The van der Waals surface area contributed by atoms with Crippen LogP contribution in [0.4, 0.5) is 5.69 Å². The number of thioether (sulfide) groups is 1. The van der Waals surface area contributed by atoms with Crippen LogP contribution in [0.2, 0.25) is 0 Å². The second kappa shape index (κ2) is 10.1. The van der Waals surface area contributed by atoms with Crippen molar-refractivity contribution in [2.45, 2.75) is 17.7 Å². The standard InChI is InChI=1S/C20H18BrN3O5S3/c21-13-3-8-16(25)12(10-13)11-17-19(27)24(20(30)31-17)9-1-2-18(26)23-14-4-6-15(7-5-14)32(22,28)29/h3-8,10-11,25H,1-2,9H2,(H,23,26)(H2,22,28,29)/b17-11-. The molecule has 1 fully saturated rings. The number of hydrogen-bond donors (Lipinski definition) is 3. The molecule has 1 aliphatic heterocycles. The number of nitrogens with zero attached hydrogens (tertiary/aromatic N) is 1. The van der Waals surface area contributed by atoms with E-state index in [-0.39, 0.29) is 35.4 Å². The largest absolute Gasteiger partial charge is 0.507 e. The Hall–Kier alpha value is -2.25. The zero-order valence-corrected chi connectivity index (χ0v) is 20.5. The fraction of sp³-hybridized carbons (Fsp3) is 0.150. The lowest BCUT2D eigenvalue weighted by Gasteiger charge is -2.14. The number of thiocarbonyl (C=S) groups is 1. The minimum absolute atomic E-state index is 0.0471. The molecule has 2 amide bonds. The Morgan fingerprint density at radius 1 is 1.25 bits per heavy atom. The number of aromatic hydroxyl groups is 1. The molecule has 4 N–H and O–H groups in total. The molecular weight excluding hydrogens is 538 g/mol. The van der Waals surface area contributed by atoms with E-state index in [1.165, 1.54) is 35.2 Å². The highest BCUT2D eigenvalue weighted by Crippen LogP contribution is 2.34. The molecule has 0 aliphatic carbocycles. The molecule has 3 rings (SSSR count). The van der Waals surface area contributed by atoms with E-state index >= 15 is 0 Å². The molecule has 32 heavy (non-hydrogen) atoms. The summed E-state index contributed by atoms with van der Waals surface area (Å²) in [4.78, 5) is 26.6. The summed E-state index contributed by atoms with van der Waals surface area (Å²) in [6, 6.07) is 10.4. The van der Waals surface area contributed by atoms with E-state index in [4.69, 9.17) is 17.4 Å². The number of rotatable bonds is 7. The average Bonchev–Trinajstić information content (AvgIpc) is 2.98. The molecule has 0 bridgehead atoms. The lowest BCUT2D eigenvalue weighted by atomic mass is 10.2. The van der Waals surface area contributed by atoms with E-state index in [1.54, 1.807) is 18.2 Å². The summed E-state index contributed by atoms with van der Waals surface area (Å²) in [5.41, 5.74) is 0.928. The smallest absolute Gasteiger partial charge is 0.266 e. The fourth-order valence-corrected chi connectivity index (χ4v) is 5.02. The topological polar surface area (TPSA) is 130 Å². The van der Waals surface area contributed by atoms with Crippen LogP contribution < -0.4 is 10.5 Å². The van der Waals surface area contributed by atoms with Gasteiger partial charge in [-0.15, -0.1) is 0 Å². The molecule has 1 saturated heterocycles. The Balaban J connectivity index is 1.55. The summed E-state index contributed by atoms with van der Waals surface area (Å²) in [5, 5.41) is 17.7. The van der Waals surface area contributed by atoms with E-state index in [9.17, 15) is 23.1 Å². The van der Waals surface area contributed by atoms with Gasteiger partial charge in [-0.1, -0.05) is 39.9 Å². The van der Waals surface area contributed by atoms with Crippen LogP contribution in [-0.4, -0.2) is 41.1 Å². The van der Waals surface area contributed by atoms with Gasteiger partial charge < -0.3 is 10.4 Å². The number of amides is 2.